The molecule has 26 heavy (non-hydrogen) atoms. The van der Waals surface area contributed by atoms with Gasteiger partial charge in [-0.25, -0.2) is 8.93 Å². The smallest absolute Gasteiger partial charge is 0.312 e. The van der Waals surface area contributed by atoms with Crippen molar-refractivity contribution >= 4 is 34.5 Å². The van der Waals surface area contributed by atoms with E-state index in [2.05, 4.69) is 4.72 Å². The molecule has 0 heterocycles. The van der Waals surface area contributed by atoms with Crippen LogP contribution in [0.1, 0.15) is 60.8 Å². The molecule has 0 aromatic rings. The highest BCUT2D eigenvalue weighted by Gasteiger charge is 2.25. The normalized spacial score (nSPS) is 15.9. The molecule has 0 aliphatic rings. The van der Waals surface area contributed by atoms with Crippen LogP contribution in [0.5, 0.6) is 0 Å². The van der Waals surface area contributed by atoms with Crippen LogP contribution in [0.15, 0.2) is 11.1 Å². The number of hydrogen-bond donors (Lipinski definition) is 1. The van der Waals surface area contributed by atoms with Crippen molar-refractivity contribution in [1.82, 2.24) is 4.72 Å². The summed E-state index contributed by atoms with van der Waals surface area (Å²) in [4.78, 5) is 23.8. The van der Waals surface area contributed by atoms with Crippen LogP contribution in [0.3, 0.4) is 0 Å². The van der Waals surface area contributed by atoms with E-state index in [4.69, 9.17) is 21.1 Å². The van der Waals surface area contributed by atoms with Crippen molar-refractivity contribution < 1.29 is 23.3 Å². The molecule has 8 heteroatoms. The molecule has 1 unspecified atom stereocenters. The number of halogens is 1. The molecule has 0 bridgehead atoms. The molecule has 0 spiro atoms. The second-order valence-electron chi connectivity index (χ2n) is 6.71. The third-order valence-electron chi connectivity index (χ3n) is 3.46. The van der Waals surface area contributed by atoms with Crippen molar-refractivity contribution in [3.8, 4) is 0 Å². The standard InChI is InChI=1S/C18H32ClNO5S/c1-7-15(20-26(23)18(4,5)6)14(19)12-13(17(22)25-9-3)10-11-16(21)24-8-2/h12-13,15,20H,7-11H2,1-6H3/b14-12+/t13-,15+,26?/m1/s1. The van der Waals surface area contributed by atoms with E-state index in [1.54, 1.807) is 19.9 Å². The minimum absolute atomic E-state index is 0.0934. The van der Waals surface area contributed by atoms with Crippen LogP contribution in [0.25, 0.3) is 0 Å². The summed E-state index contributed by atoms with van der Waals surface area (Å²) in [6.07, 6.45) is 2.52. The summed E-state index contributed by atoms with van der Waals surface area (Å²) in [5.41, 5.74) is 0. The van der Waals surface area contributed by atoms with Crippen LogP contribution in [0.4, 0.5) is 0 Å². The maximum absolute atomic E-state index is 12.3. The van der Waals surface area contributed by atoms with Gasteiger partial charge in [0.15, 0.2) is 0 Å². The maximum Gasteiger partial charge on any atom is 0.312 e. The van der Waals surface area contributed by atoms with E-state index in [0.29, 0.717) is 18.1 Å². The summed E-state index contributed by atoms with van der Waals surface area (Å²) in [5.74, 6) is -1.47. The van der Waals surface area contributed by atoms with Gasteiger partial charge in [0.2, 0.25) is 0 Å². The number of rotatable bonds is 11. The summed E-state index contributed by atoms with van der Waals surface area (Å²) in [7, 11) is -1.30. The zero-order chi connectivity index (χ0) is 20.3. The Morgan fingerprint density at radius 1 is 1.15 bits per heavy atom. The van der Waals surface area contributed by atoms with Gasteiger partial charge in [-0.1, -0.05) is 24.6 Å². The SMILES string of the molecule is CCOC(=O)CC[C@H](/C=C(/Cl)[C@H](CC)NS(=O)C(C)(C)C)C(=O)OCC. The van der Waals surface area contributed by atoms with E-state index in [0.717, 1.165) is 0 Å². The Kier molecular flexibility index (Phi) is 12.0. The van der Waals surface area contributed by atoms with Crippen molar-refractivity contribution in [3.63, 3.8) is 0 Å². The number of ether oxygens (including phenoxy) is 2. The van der Waals surface area contributed by atoms with Crippen molar-refractivity contribution in [2.75, 3.05) is 13.2 Å². The Morgan fingerprint density at radius 2 is 1.73 bits per heavy atom. The highest BCUT2D eigenvalue weighted by atomic mass is 35.5. The van der Waals surface area contributed by atoms with Crippen LogP contribution in [-0.2, 0) is 30.0 Å². The Balaban J connectivity index is 5.22. The first-order valence-electron chi connectivity index (χ1n) is 8.94. The molecule has 0 amide bonds. The predicted octanol–water partition coefficient (Wildman–Crippen LogP) is 3.46. The lowest BCUT2D eigenvalue weighted by atomic mass is 10.0. The van der Waals surface area contributed by atoms with Crippen molar-refractivity contribution in [1.29, 1.82) is 0 Å². The molecular formula is C18H32ClNO5S. The number of carbonyl (C=O) groups is 2. The molecule has 152 valence electrons. The van der Waals surface area contributed by atoms with Gasteiger partial charge in [-0.3, -0.25) is 9.59 Å². The first kappa shape index (κ1) is 25.1. The van der Waals surface area contributed by atoms with Crippen LogP contribution in [-0.4, -0.2) is 40.2 Å². The van der Waals surface area contributed by atoms with E-state index < -0.39 is 27.6 Å². The zero-order valence-corrected chi connectivity index (χ0v) is 18.2. The average molecular weight is 410 g/mol. The first-order chi connectivity index (χ1) is 12.1. The van der Waals surface area contributed by atoms with E-state index in [9.17, 15) is 13.8 Å². The van der Waals surface area contributed by atoms with Crippen molar-refractivity contribution in [3.05, 3.63) is 11.1 Å². The first-order valence-corrected chi connectivity index (χ1v) is 10.5. The van der Waals surface area contributed by atoms with Gasteiger partial charge in [0.25, 0.3) is 0 Å². The second-order valence-corrected chi connectivity index (χ2v) is 9.15. The van der Waals surface area contributed by atoms with Gasteiger partial charge in [-0.2, -0.15) is 0 Å². The summed E-state index contributed by atoms with van der Waals surface area (Å²) < 4.78 is 24.8. The van der Waals surface area contributed by atoms with Crippen LogP contribution in [0, 0.1) is 5.92 Å². The fourth-order valence-electron chi connectivity index (χ4n) is 1.97. The molecule has 0 rings (SSSR count). The predicted molar refractivity (Wildman–Crippen MR) is 105 cm³/mol. The lowest BCUT2D eigenvalue weighted by molar-refractivity contribution is -0.147. The Bertz CT molecular complexity index is 516. The molecule has 0 aromatic carbocycles. The van der Waals surface area contributed by atoms with Gasteiger partial charge >= 0.3 is 11.9 Å². The Labute approximate surface area is 164 Å². The monoisotopic (exact) mass is 409 g/mol. The van der Waals surface area contributed by atoms with Crippen molar-refractivity contribution in [2.45, 2.75) is 71.6 Å². The third-order valence-corrected chi connectivity index (χ3v) is 5.46. The second kappa shape index (κ2) is 12.5. The lowest BCUT2D eigenvalue weighted by Crippen LogP contribution is -2.40. The third kappa shape index (κ3) is 9.69. The summed E-state index contributed by atoms with van der Waals surface area (Å²) in [5, 5.41) is 0.381. The van der Waals surface area contributed by atoms with Crippen LogP contribution >= 0.6 is 11.6 Å². The molecule has 3 atom stereocenters. The zero-order valence-electron chi connectivity index (χ0n) is 16.6. The van der Waals surface area contributed by atoms with Gasteiger partial charge in [0, 0.05) is 11.5 Å². The molecule has 0 saturated heterocycles. The molecule has 6 nitrogen and oxygen atoms in total. The molecule has 0 saturated carbocycles. The molecule has 1 N–H and O–H groups in total. The fourth-order valence-corrected chi connectivity index (χ4v) is 3.31. The van der Waals surface area contributed by atoms with E-state index in [-0.39, 0.29) is 31.5 Å². The van der Waals surface area contributed by atoms with E-state index >= 15 is 0 Å². The van der Waals surface area contributed by atoms with Gasteiger partial charge in [-0.05, 0) is 47.5 Å². The maximum atomic E-state index is 12.3. The number of nitrogens with one attached hydrogen (secondary N) is 1. The highest BCUT2D eigenvalue weighted by Crippen LogP contribution is 2.21. The van der Waals surface area contributed by atoms with E-state index in [1.807, 2.05) is 27.7 Å². The van der Waals surface area contributed by atoms with E-state index in [1.165, 1.54) is 0 Å². The molecule has 0 aliphatic carbocycles. The summed E-state index contributed by atoms with van der Waals surface area (Å²) in [6.45, 7) is 11.5. The topological polar surface area (TPSA) is 81.7 Å². The van der Waals surface area contributed by atoms with Gasteiger partial charge in [0.05, 0.1) is 40.9 Å². The molecular weight excluding hydrogens is 378 g/mol. The average Bonchev–Trinajstić information content (AvgIpc) is 2.55. The lowest BCUT2D eigenvalue weighted by Gasteiger charge is -2.24. The summed E-state index contributed by atoms with van der Waals surface area (Å²) in [6, 6.07) is -0.351. The molecule has 0 aliphatic heterocycles. The highest BCUT2D eigenvalue weighted by molar-refractivity contribution is 7.84. The quantitative estimate of drug-likeness (QED) is 0.528. The fraction of sp³-hybridized carbons (Fsp3) is 0.778. The largest absolute Gasteiger partial charge is 0.466 e. The number of hydrogen-bond acceptors (Lipinski definition) is 5. The van der Waals surface area contributed by atoms with Gasteiger partial charge in [-0.15, -0.1) is 0 Å². The molecule has 0 aromatic heterocycles. The molecule has 0 radical (unpaired) electrons. The van der Waals surface area contributed by atoms with Crippen molar-refractivity contribution in [2.24, 2.45) is 5.92 Å². The minimum Gasteiger partial charge on any atom is -0.466 e. The molecule has 0 fully saturated rings. The minimum atomic E-state index is -1.30. The van der Waals surface area contributed by atoms with Crippen LogP contribution < -0.4 is 4.72 Å². The number of esters is 2. The van der Waals surface area contributed by atoms with Gasteiger partial charge in [0.1, 0.15) is 0 Å². The van der Waals surface area contributed by atoms with Gasteiger partial charge < -0.3 is 9.47 Å². The summed E-state index contributed by atoms with van der Waals surface area (Å²) >= 11 is 6.40. The Morgan fingerprint density at radius 3 is 2.19 bits per heavy atom. The Hall–Kier alpha value is -0.920. The van der Waals surface area contributed by atoms with Crippen LogP contribution in [0.2, 0.25) is 0 Å². The number of carbonyl (C=O) groups excluding carboxylic acids is 2.